The molecule has 2 aromatic heterocycles. The standard InChI is InChI=1S/C10H13N5OS/c1-11-10(16)6-15-5-8(2-14-15)13-4-9-3-12-7-17-9/h2-3,5,7,13H,4,6H2,1H3,(H,11,16). The first-order chi connectivity index (χ1) is 8.28. The van der Waals surface area contributed by atoms with E-state index < -0.39 is 0 Å². The summed E-state index contributed by atoms with van der Waals surface area (Å²) in [7, 11) is 1.61. The van der Waals surface area contributed by atoms with Crippen LogP contribution in [0.3, 0.4) is 0 Å². The van der Waals surface area contributed by atoms with Crippen LogP contribution >= 0.6 is 11.3 Å². The topological polar surface area (TPSA) is 71.8 Å². The average Bonchev–Trinajstić information content (AvgIpc) is 2.97. The van der Waals surface area contributed by atoms with Crippen molar-refractivity contribution >= 4 is 22.9 Å². The molecule has 0 unspecified atom stereocenters. The summed E-state index contributed by atoms with van der Waals surface area (Å²) < 4.78 is 1.59. The summed E-state index contributed by atoms with van der Waals surface area (Å²) in [4.78, 5) is 16.3. The van der Waals surface area contributed by atoms with E-state index in [-0.39, 0.29) is 12.5 Å². The van der Waals surface area contributed by atoms with Crippen molar-refractivity contribution in [1.29, 1.82) is 0 Å². The van der Waals surface area contributed by atoms with E-state index in [4.69, 9.17) is 0 Å². The molecule has 2 N–H and O–H groups in total. The average molecular weight is 251 g/mol. The van der Waals surface area contributed by atoms with Crippen LogP contribution in [0.1, 0.15) is 4.88 Å². The summed E-state index contributed by atoms with van der Waals surface area (Å²) in [5.41, 5.74) is 2.69. The van der Waals surface area contributed by atoms with Crippen molar-refractivity contribution in [1.82, 2.24) is 20.1 Å². The lowest BCUT2D eigenvalue weighted by atomic mass is 10.5. The van der Waals surface area contributed by atoms with Crippen LogP contribution in [-0.2, 0) is 17.9 Å². The fraction of sp³-hybridized carbons (Fsp3) is 0.300. The van der Waals surface area contributed by atoms with E-state index >= 15 is 0 Å². The molecule has 0 atom stereocenters. The van der Waals surface area contributed by atoms with Crippen molar-refractivity contribution in [2.75, 3.05) is 12.4 Å². The van der Waals surface area contributed by atoms with Gasteiger partial charge in [-0.25, -0.2) is 0 Å². The van der Waals surface area contributed by atoms with Crippen LogP contribution in [0, 0.1) is 0 Å². The molecular formula is C10H13N5OS. The Morgan fingerprint density at radius 1 is 1.53 bits per heavy atom. The van der Waals surface area contributed by atoms with E-state index in [1.165, 1.54) is 0 Å². The number of likely N-dealkylation sites (N-methyl/N-ethyl adjacent to an activating group) is 1. The molecule has 0 saturated heterocycles. The first kappa shape index (κ1) is 11.6. The zero-order chi connectivity index (χ0) is 12.1. The third-order valence-corrected chi connectivity index (χ3v) is 2.95. The third kappa shape index (κ3) is 3.28. The molecule has 0 aliphatic rings. The van der Waals surface area contributed by atoms with Crippen LogP contribution in [0.25, 0.3) is 0 Å². The number of nitrogens with zero attached hydrogens (tertiary/aromatic N) is 3. The molecule has 2 aromatic rings. The molecule has 6 nitrogen and oxygen atoms in total. The second-order valence-electron chi connectivity index (χ2n) is 3.42. The molecule has 2 rings (SSSR count). The quantitative estimate of drug-likeness (QED) is 0.820. The van der Waals surface area contributed by atoms with Gasteiger partial charge in [-0.15, -0.1) is 11.3 Å². The lowest BCUT2D eigenvalue weighted by molar-refractivity contribution is -0.121. The number of amides is 1. The number of hydrogen-bond donors (Lipinski definition) is 2. The largest absolute Gasteiger partial charge is 0.378 e. The highest BCUT2D eigenvalue weighted by Gasteiger charge is 2.02. The van der Waals surface area contributed by atoms with Crippen LogP contribution in [0.5, 0.6) is 0 Å². The SMILES string of the molecule is CNC(=O)Cn1cc(NCc2cncs2)cn1. The van der Waals surface area contributed by atoms with E-state index in [2.05, 4.69) is 20.7 Å². The molecule has 0 saturated carbocycles. The molecule has 0 fully saturated rings. The van der Waals surface area contributed by atoms with Crippen molar-refractivity contribution in [2.24, 2.45) is 0 Å². The summed E-state index contributed by atoms with van der Waals surface area (Å²) in [5, 5.41) is 9.85. The van der Waals surface area contributed by atoms with Crippen LogP contribution < -0.4 is 10.6 Å². The fourth-order valence-corrected chi connectivity index (χ4v) is 1.82. The van der Waals surface area contributed by atoms with Gasteiger partial charge in [-0.2, -0.15) is 5.10 Å². The second kappa shape index (κ2) is 5.44. The summed E-state index contributed by atoms with van der Waals surface area (Å²) in [6, 6.07) is 0. The van der Waals surface area contributed by atoms with Gasteiger partial charge in [-0.05, 0) is 0 Å². The van der Waals surface area contributed by atoms with Gasteiger partial charge < -0.3 is 10.6 Å². The van der Waals surface area contributed by atoms with Gasteiger partial charge in [0.05, 0.1) is 23.9 Å². The molecule has 0 spiro atoms. The molecule has 0 radical (unpaired) electrons. The van der Waals surface area contributed by atoms with E-state index in [0.29, 0.717) is 0 Å². The maximum absolute atomic E-state index is 11.1. The first-order valence-electron chi connectivity index (χ1n) is 5.12. The van der Waals surface area contributed by atoms with Gasteiger partial charge in [0.1, 0.15) is 6.54 Å². The van der Waals surface area contributed by atoms with Crippen molar-refractivity contribution in [3.8, 4) is 0 Å². The Balaban J connectivity index is 1.88. The Kier molecular flexibility index (Phi) is 3.71. The zero-order valence-corrected chi connectivity index (χ0v) is 10.2. The van der Waals surface area contributed by atoms with Gasteiger partial charge in [0.15, 0.2) is 0 Å². The minimum Gasteiger partial charge on any atom is -0.378 e. The highest BCUT2D eigenvalue weighted by molar-refractivity contribution is 7.09. The highest BCUT2D eigenvalue weighted by atomic mass is 32.1. The van der Waals surface area contributed by atoms with Gasteiger partial charge in [0, 0.05) is 24.3 Å². The van der Waals surface area contributed by atoms with Crippen LogP contribution in [-0.4, -0.2) is 27.7 Å². The van der Waals surface area contributed by atoms with Crippen LogP contribution in [0.4, 0.5) is 5.69 Å². The predicted molar refractivity (Wildman–Crippen MR) is 65.7 cm³/mol. The van der Waals surface area contributed by atoms with Crippen molar-refractivity contribution in [3.63, 3.8) is 0 Å². The number of hydrogen-bond acceptors (Lipinski definition) is 5. The van der Waals surface area contributed by atoms with Gasteiger partial charge in [-0.3, -0.25) is 14.5 Å². The Bertz CT molecular complexity index is 479. The molecule has 0 aliphatic heterocycles. The number of aromatic nitrogens is 3. The van der Waals surface area contributed by atoms with Gasteiger partial charge in [0.2, 0.25) is 5.91 Å². The second-order valence-corrected chi connectivity index (χ2v) is 4.39. The van der Waals surface area contributed by atoms with Gasteiger partial charge >= 0.3 is 0 Å². The Morgan fingerprint density at radius 2 is 2.41 bits per heavy atom. The smallest absolute Gasteiger partial charge is 0.241 e. The summed E-state index contributed by atoms with van der Waals surface area (Å²) in [5.74, 6) is -0.0675. The maximum atomic E-state index is 11.1. The van der Waals surface area contributed by atoms with E-state index in [1.807, 2.05) is 6.20 Å². The fourth-order valence-electron chi connectivity index (χ4n) is 1.29. The lowest BCUT2D eigenvalue weighted by Crippen LogP contribution is -2.23. The Morgan fingerprint density at radius 3 is 3.12 bits per heavy atom. The van der Waals surface area contributed by atoms with E-state index in [1.54, 1.807) is 41.0 Å². The van der Waals surface area contributed by atoms with Crippen molar-refractivity contribution < 1.29 is 4.79 Å². The number of anilines is 1. The zero-order valence-electron chi connectivity index (χ0n) is 9.38. The van der Waals surface area contributed by atoms with E-state index in [9.17, 15) is 4.79 Å². The minimum absolute atomic E-state index is 0.0675. The maximum Gasteiger partial charge on any atom is 0.241 e. The molecule has 0 bridgehead atoms. The number of nitrogens with one attached hydrogen (secondary N) is 2. The molecule has 2 heterocycles. The number of rotatable bonds is 5. The molecule has 0 aromatic carbocycles. The van der Waals surface area contributed by atoms with Crippen LogP contribution in [0.15, 0.2) is 24.1 Å². The lowest BCUT2D eigenvalue weighted by Gasteiger charge is -2.00. The third-order valence-electron chi connectivity index (χ3n) is 2.17. The van der Waals surface area contributed by atoms with E-state index in [0.717, 1.165) is 17.1 Å². The molecule has 1 amide bonds. The van der Waals surface area contributed by atoms with Gasteiger partial charge in [0.25, 0.3) is 0 Å². The number of thiazole rings is 1. The highest BCUT2D eigenvalue weighted by Crippen LogP contribution is 2.10. The first-order valence-corrected chi connectivity index (χ1v) is 6.00. The summed E-state index contributed by atoms with van der Waals surface area (Å²) in [6.07, 6.45) is 5.33. The Hall–Kier alpha value is -1.89. The van der Waals surface area contributed by atoms with Crippen molar-refractivity contribution in [3.05, 3.63) is 29.0 Å². The van der Waals surface area contributed by atoms with Gasteiger partial charge in [-0.1, -0.05) is 0 Å². The molecule has 0 aliphatic carbocycles. The molecule has 17 heavy (non-hydrogen) atoms. The number of carbonyl (C=O) groups is 1. The monoisotopic (exact) mass is 251 g/mol. The molecular weight excluding hydrogens is 238 g/mol. The molecule has 7 heteroatoms. The minimum atomic E-state index is -0.0675. The van der Waals surface area contributed by atoms with Crippen molar-refractivity contribution in [2.45, 2.75) is 13.1 Å². The predicted octanol–water partition coefficient (Wildman–Crippen LogP) is 0.698. The summed E-state index contributed by atoms with van der Waals surface area (Å²) in [6.45, 7) is 0.953. The number of carbonyl (C=O) groups excluding carboxylic acids is 1. The normalized spacial score (nSPS) is 10.2. The van der Waals surface area contributed by atoms with Crippen LogP contribution in [0.2, 0.25) is 0 Å². The summed E-state index contributed by atoms with van der Waals surface area (Å²) >= 11 is 1.60. The Labute approximate surface area is 103 Å². The molecule has 90 valence electrons.